The number of pyridine rings is 1. The van der Waals surface area contributed by atoms with Crippen LogP contribution in [0.2, 0.25) is 0 Å². The van der Waals surface area contributed by atoms with Gasteiger partial charge in [0.05, 0.1) is 17.7 Å². The number of amides is 1. The molecule has 0 radical (unpaired) electrons. The number of anilines is 1. The van der Waals surface area contributed by atoms with Gasteiger partial charge in [-0.25, -0.2) is 13.8 Å². The van der Waals surface area contributed by atoms with Gasteiger partial charge in [0.2, 0.25) is 0 Å². The lowest BCUT2D eigenvalue weighted by Gasteiger charge is -2.12. The molecule has 0 fully saturated rings. The molecule has 3 heterocycles. The number of halogens is 2. The van der Waals surface area contributed by atoms with E-state index >= 15 is 0 Å². The van der Waals surface area contributed by atoms with Crippen LogP contribution in [0.5, 0.6) is 0 Å². The predicted octanol–water partition coefficient (Wildman–Crippen LogP) is 4.23. The SMILES string of the molecule is O=C(Nc1cc(F)ccc1F)c1ccc(Cn2c(=O)c3cccn3c3cccnc32)cc1. The van der Waals surface area contributed by atoms with Crippen molar-refractivity contribution in [1.29, 1.82) is 0 Å². The lowest BCUT2D eigenvalue weighted by molar-refractivity contribution is 0.102. The lowest BCUT2D eigenvalue weighted by Crippen LogP contribution is -2.24. The number of nitrogens with one attached hydrogen (secondary N) is 1. The van der Waals surface area contributed by atoms with Crippen molar-refractivity contribution in [2.45, 2.75) is 6.54 Å². The topological polar surface area (TPSA) is 68.4 Å². The predicted molar refractivity (Wildman–Crippen MR) is 117 cm³/mol. The fourth-order valence-corrected chi connectivity index (χ4v) is 3.66. The number of carbonyl (C=O) groups is 1. The average molecular weight is 430 g/mol. The Balaban J connectivity index is 1.44. The highest BCUT2D eigenvalue weighted by atomic mass is 19.1. The number of aromatic nitrogens is 3. The molecular formula is C24H16F2N4O2. The minimum absolute atomic E-state index is 0.176. The molecule has 0 saturated carbocycles. The summed E-state index contributed by atoms with van der Waals surface area (Å²) in [5.74, 6) is -1.95. The zero-order valence-corrected chi connectivity index (χ0v) is 16.6. The van der Waals surface area contributed by atoms with Crippen molar-refractivity contribution >= 4 is 28.3 Å². The van der Waals surface area contributed by atoms with E-state index in [0.717, 1.165) is 29.3 Å². The van der Waals surface area contributed by atoms with E-state index in [2.05, 4.69) is 10.3 Å². The summed E-state index contributed by atoms with van der Waals surface area (Å²) in [5.41, 5.74) is 2.54. The second-order valence-corrected chi connectivity index (χ2v) is 7.28. The molecule has 0 unspecified atom stereocenters. The number of carbonyl (C=O) groups excluding carboxylic acids is 1. The van der Waals surface area contributed by atoms with Crippen LogP contribution in [0.1, 0.15) is 15.9 Å². The molecule has 5 aromatic rings. The first-order valence-electron chi connectivity index (χ1n) is 9.81. The third-order valence-electron chi connectivity index (χ3n) is 5.23. The van der Waals surface area contributed by atoms with Crippen LogP contribution in [-0.4, -0.2) is 19.9 Å². The van der Waals surface area contributed by atoms with Crippen molar-refractivity contribution in [1.82, 2.24) is 14.0 Å². The largest absolute Gasteiger partial charge is 0.319 e. The van der Waals surface area contributed by atoms with Crippen LogP contribution in [0.15, 0.2) is 83.9 Å². The Labute approximate surface area is 180 Å². The lowest BCUT2D eigenvalue weighted by atomic mass is 10.1. The Morgan fingerprint density at radius 1 is 0.969 bits per heavy atom. The average Bonchev–Trinajstić information content (AvgIpc) is 3.30. The fourth-order valence-electron chi connectivity index (χ4n) is 3.66. The standard InChI is InChI=1S/C24H16F2N4O2/c25-17-9-10-18(26)19(13-17)28-23(31)16-7-5-15(6-8-16)14-30-22-20(3-1-11-27-22)29-12-2-4-21(29)24(30)32/h1-13H,14H2,(H,28,31). The summed E-state index contributed by atoms with van der Waals surface area (Å²) in [4.78, 5) is 29.8. The molecule has 1 N–H and O–H groups in total. The third-order valence-corrected chi connectivity index (χ3v) is 5.23. The molecular weight excluding hydrogens is 414 g/mol. The van der Waals surface area contributed by atoms with Crippen LogP contribution < -0.4 is 10.9 Å². The summed E-state index contributed by atoms with van der Waals surface area (Å²) >= 11 is 0. The first kappa shape index (κ1) is 19.6. The highest BCUT2D eigenvalue weighted by Gasteiger charge is 2.13. The Bertz CT molecular complexity index is 1540. The van der Waals surface area contributed by atoms with E-state index < -0.39 is 17.5 Å². The minimum Gasteiger partial charge on any atom is -0.319 e. The van der Waals surface area contributed by atoms with E-state index in [1.807, 2.05) is 24.4 Å². The van der Waals surface area contributed by atoms with Crippen LogP contribution in [0.4, 0.5) is 14.5 Å². The van der Waals surface area contributed by atoms with Gasteiger partial charge in [-0.2, -0.15) is 0 Å². The van der Waals surface area contributed by atoms with Gasteiger partial charge in [-0.05, 0) is 54.1 Å². The number of hydrogen-bond acceptors (Lipinski definition) is 3. The van der Waals surface area contributed by atoms with E-state index in [1.165, 1.54) is 0 Å². The van der Waals surface area contributed by atoms with E-state index in [1.54, 1.807) is 45.5 Å². The molecule has 32 heavy (non-hydrogen) atoms. The van der Waals surface area contributed by atoms with Crippen molar-refractivity contribution in [3.05, 3.63) is 112 Å². The second-order valence-electron chi connectivity index (χ2n) is 7.28. The monoisotopic (exact) mass is 430 g/mol. The zero-order chi connectivity index (χ0) is 22.2. The second kappa shape index (κ2) is 7.73. The molecule has 0 saturated heterocycles. The van der Waals surface area contributed by atoms with Crippen molar-refractivity contribution in [3.8, 4) is 0 Å². The number of fused-ring (bicyclic) bond motifs is 3. The van der Waals surface area contributed by atoms with Gasteiger partial charge in [-0.1, -0.05) is 12.1 Å². The zero-order valence-electron chi connectivity index (χ0n) is 16.6. The summed E-state index contributed by atoms with van der Waals surface area (Å²) in [6, 6.07) is 16.7. The number of hydrogen-bond donors (Lipinski definition) is 1. The molecule has 6 nitrogen and oxygen atoms in total. The number of rotatable bonds is 4. The Morgan fingerprint density at radius 3 is 2.56 bits per heavy atom. The smallest absolute Gasteiger partial charge is 0.276 e. The van der Waals surface area contributed by atoms with Crippen molar-refractivity contribution < 1.29 is 13.6 Å². The Morgan fingerprint density at radius 2 is 1.75 bits per heavy atom. The molecule has 0 atom stereocenters. The molecule has 8 heteroatoms. The normalized spacial score (nSPS) is 11.2. The molecule has 0 spiro atoms. The Hall–Kier alpha value is -4.33. The molecule has 5 rings (SSSR count). The fraction of sp³-hybridized carbons (Fsp3) is 0.0417. The minimum atomic E-state index is -0.726. The highest BCUT2D eigenvalue weighted by molar-refractivity contribution is 6.04. The van der Waals surface area contributed by atoms with E-state index in [4.69, 9.17) is 0 Å². The first-order valence-corrected chi connectivity index (χ1v) is 9.81. The maximum atomic E-state index is 13.8. The van der Waals surface area contributed by atoms with Crippen LogP contribution in [0, 0.1) is 11.6 Å². The van der Waals surface area contributed by atoms with Gasteiger partial charge >= 0.3 is 0 Å². The van der Waals surface area contributed by atoms with Crippen LogP contribution in [0.3, 0.4) is 0 Å². The molecule has 0 aliphatic rings. The molecule has 158 valence electrons. The van der Waals surface area contributed by atoms with Crippen LogP contribution >= 0.6 is 0 Å². The number of benzene rings is 2. The van der Waals surface area contributed by atoms with Gasteiger partial charge in [-0.15, -0.1) is 0 Å². The van der Waals surface area contributed by atoms with Crippen molar-refractivity contribution in [3.63, 3.8) is 0 Å². The first-order chi connectivity index (χ1) is 15.5. The molecule has 0 bridgehead atoms. The van der Waals surface area contributed by atoms with Crippen LogP contribution in [0.25, 0.3) is 16.7 Å². The Kier molecular flexibility index (Phi) is 4.74. The summed E-state index contributed by atoms with van der Waals surface area (Å²) < 4.78 is 30.5. The number of nitrogens with zero attached hydrogens (tertiary/aromatic N) is 3. The summed E-state index contributed by atoms with van der Waals surface area (Å²) in [5, 5.41) is 2.37. The third kappa shape index (κ3) is 3.41. The maximum absolute atomic E-state index is 13.8. The highest BCUT2D eigenvalue weighted by Crippen LogP contribution is 2.18. The van der Waals surface area contributed by atoms with Crippen molar-refractivity contribution in [2.24, 2.45) is 0 Å². The van der Waals surface area contributed by atoms with Gasteiger partial charge in [0.15, 0.2) is 5.65 Å². The van der Waals surface area contributed by atoms with Crippen LogP contribution in [-0.2, 0) is 6.54 Å². The van der Waals surface area contributed by atoms with Crippen molar-refractivity contribution in [2.75, 3.05) is 5.32 Å². The van der Waals surface area contributed by atoms with Gasteiger partial charge in [0, 0.05) is 24.0 Å². The summed E-state index contributed by atoms with van der Waals surface area (Å²) in [6.45, 7) is 0.258. The summed E-state index contributed by atoms with van der Waals surface area (Å²) in [6.07, 6.45) is 3.45. The van der Waals surface area contributed by atoms with E-state index in [9.17, 15) is 18.4 Å². The molecule has 0 aliphatic carbocycles. The molecule has 3 aromatic heterocycles. The van der Waals surface area contributed by atoms with E-state index in [0.29, 0.717) is 11.2 Å². The molecule has 0 aliphatic heterocycles. The van der Waals surface area contributed by atoms with Gasteiger partial charge in [-0.3, -0.25) is 14.2 Å². The summed E-state index contributed by atoms with van der Waals surface area (Å²) in [7, 11) is 0. The quantitative estimate of drug-likeness (QED) is 0.464. The molecule has 1 amide bonds. The van der Waals surface area contributed by atoms with Gasteiger partial charge in [0.25, 0.3) is 11.5 Å². The molecule has 2 aromatic carbocycles. The van der Waals surface area contributed by atoms with E-state index in [-0.39, 0.29) is 23.4 Å². The maximum Gasteiger partial charge on any atom is 0.276 e. The van der Waals surface area contributed by atoms with Gasteiger partial charge < -0.3 is 9.72 Å². The van der Waals surface area contributed by atoms with Gasteiger partial charge in [0.1, 0.15) is 17.2 Å².